The monoisotopic (exact) mass is 383 g/mol. The second-order valence-corrected chi connectivity index (χ2v) is 7.82. The van der Waals surface area contributed by atoms with Crippen LogP contribution in [0.2, 0.25) is 0 Å². The standard InChI is InChI=1S/C26H25NO2/c1-18-7-3-6-10-22(18)25-15-23-21(11-12-24(28-2)26(23)29-25)17-27-14-13-19-8-4-5-9-20(19)16-27/h3-12,15H,13-14,16-17H2,1-2H3. The quantitative estimate of drug-likeness (QED) is 0.434. The Morgan fingerprint density at radius 1 is 0.966 bits per heavy atom. The van der Waals surface area contributed by atoms with Crippen molar-refractivity contribution in [2.45, 2.75) is 26.4 Å². The average Bonchev–Trinajstić information content (AvgIpc) is 3.20. The van der Waals surface area contributed by atoms with Crippen molar-refractivity contribution in [2.24, 2.45) is 0 Å². The minimum atomic E-state index is 0.785. The van der Waals surface area contributed by atoms with Crippen LogP contribution in [-0.2, 0) is 19.5 Å². The van der Waals surface area contributed by atoms with Gasteiger partial charge in [0.2, 0.25) is 0 Å². The first-order valence-electron chi connectivity index (χ1n) is 10.2. The lowest BCUT2D eigenvalue weighted by atomic mass is 9.99. The lowest BCUT2D eigenvalue weighted by Crippen LogP contribution is -2.30. The first-order valence-corrected chi connectivity index (χ1v) is 10.2. The molecule has 2 heterocycles. The van der Waals surface area contributed by atoms with Crippen molar-refractivity contribution in [3.05, 3.63) is 89.0 Å². The van der Waals surface area contributed by atoms with Gasteiger partial charge in [-0.15, -0.1) is 0 Å². The fourth-order valence-corrected chi connectivity index (χ4v) is 4.37. The maximum absolute atomic E-state index is 6.30. The van der Waals surface area contributed by atoms with Crippen LogP contribution in [0.1, 0.15) is 22.3 Å². The van der Waals surface area contributed by atoms with Crippen LogP contribution in [0.5, 0.6) is 5.75 Å². The Hall–Kier alpha value is -3.04. The third-order valence-corrected chi connectivity index (χ3v) is 5.97. The predicted molar refractivity (Wildman–Crippen MR) is 117 cm³/mol. The topological polar surface area (TPSA) is 25.6 Å². The Bertz CT molecular complexity index is 1170. The molecule has 0 saturated heterocycles. The second kappa shape index (κ2) is 7.41. The Balaban J connectivity index is 1.52. The number of furan rings is 1. The zero-order valence-corrected chi connectivity index (χ0v) is 16.9. The van der Waals surface area contributed by atoms with Crippen molar-refractivity contribution >= 4 is 11.0 Å². The predicted octanol–water partition coefficient (Wildman–Crippen LogP) is 5.98. The molecule has 0 N–H and O–H groups in total. The molecule has 4 aromatic rings. The van der Waals surface area contributed by atoms with E-state index < -0.39 is 0 Å². The fourth-order valence-electron chi connectivity index (χ4n) is 4.37. The van der Waals surface area contributed by atoms with Gasteiger partial charge in [-0.1, -0.05) is 54.6 Å². The summed E-state index contributed by atoms with van der Waals surface area (Å²) in [5.41, 5.74) is 7.37. The van der Waals surface area contributed by atoms with Gasteiger partial charge < -0.3 is 9.15 Å². The lowest BCUT2D eigenvalue weighted by Gasteiger charge is -2.29. The summed E-state index contributed by atoms with van der Waals surface area (Å²) in [7, 11) is 1.70. The van der Waals surface area contributed by atoms with Crippen molar-refractivity contribution in [3.8, 4) is 17.1 Å². The Kier molecular flexibility index (Phi) is 4.61. The summed E-state index contributed by atoms with van der Waals surface area (Å²) in [6.07, 6.45) is 1.11. The number of hydrogen-bond acceptors (Lipinski definition) is 3. The van der Waals surface area contributed by atoms with Crippen molar-refractivity contribution in [3.63, 3.8) is 0 Å². The number of methoxy groups -OCH3 is 1. The summed E-state index contributed by atoms with van der Waals surface area (Å²) in [6.45, 7) is 5.09. The smallest absolute Gasteiger partial charge is 0.176 e. The molecule has 146 valence electrons. The van der Waals surface area contributed by atoms with Gasteiger partial charge >= 0.3 is 0 Å². The van der Waals surface area contributed by atoms with Gasteiger partial charge in [0.1, 0.15) is 5.76 Å². The van der Waals surface area contributed by atoms with Gasteiger partial charge in [-0.05, 0) is 47.7 Å². The molecule has 3 heteroatoms. The molecule has 3 aromatic carbocycles. The molecule has 0 bridgehead atoms. The molecule has 29 heavy (non-hydrogen) atoms. The third kappa shape index (κ3) is 3.32. The average molecular weight is 383 g/mol. The van der Waals surface area contributed by atoms with E-state index in [9.17, 15) is 0 Å². The number of fused-ring (bicyclic) bond motifs is 2. The molecule has 0 unspecified atom stereocenters. The summed E-state index contributed by atoms with van der Waals surface area (Å²) in [4.78, 5) is 2.52. The number of benzene rings is 3. The van der Waals surface area contributed by atoms with Gasteiger partial charge in [-0.3, -0.25) is 4.90 Å². The van der Waals surface area contributed by atoms with E-state index in [-0.39, 0.29) is 0 Å². The summed E-state index contributed by atoms with van der Waals surface area (Å²) < 4.78 is 11.9. The molecule has 1 aliphatic rings. The van der Waals surface area contributed by atoms with Crippen molar-refractivity contribution in [1.82, 2.24) is 4.90 Å². The Morgan fingerprint density at radius 3 is 2.59 bits per heavy atom. The van der Waals surface area contributed by atoms with Gasteiger partial charge in [0.15, 0.2) is 11.3 Å². The molecule has 0 aliphatic carbocycles. The molecular formula is C26H25NO2. The summed E-state index contributed by atoms with van der Waals surface area (Å²) >= 11 is 0. The maximum atomic E-state index is 6.30. The molecule has 0 saturated carbocycles. The van der Waals surface area contributed by atoms with Gasteiger partial charge in [-0.25, -0.2) is 0 Å². The molecule has 0 radical (unpaired) electrons. The highest BCUT2D eigenvalue weighted by Gasteiger charge is 2.19. The minimum Gasteiger partial charge on any atom is -0.493 e. The molecule has 0 amide bonds. The third-order valence-electron chi connectivity index (χ3n) is 5.97. The first kappa shape index (κ1) is 18.0. The summed E-state index contributed by atoms with van der Waals surface area (Å²) in [5.74, 6) is 1.68. The highest BCUT2D eigenvalue weighted by molar-refractivity contribution is 5.90. The second-order valence-electron chi connectivity index (χ2n) is 7.82. The number of ether oxygens (including phenoxy) is 1. The van der Waals surface area contributed by atoms with Crippen LogP contribution in [0.4, 0.5) is 0 Å². The van der Waals surface area contributed by atoms with Gasteiger partial charge in [0, 0.05) is 30.6 Å². The molecule has 1 aromatic heterocycles. The highest BCUT2D eigenvalue weighted by Crippen LogP contribution is 2.37. The number of rotatable bonds is 4. The van der Waals surface area contributed by atoms with E-state index in [1.54, 1.807) is 7.11 Å². The van der Waals surface area contributed by atoms with Gasteiger partial charge in [0.25, 0.3) is 0 Å². The molecule has 0 spiro atoms. The van der Waals surface area contributed by atoms with Crippen LogP contribution < -0.4 is 4.74 Å². The van der Waals surface area contributed by atoms with E-state index >= 15 is 0 Å². The normalized spacial score (nSPS) is 14.1. The summed E-state index contributed by atoms with van der Waals surface area (Å²) in [5, 5.41) is 1.14. The number of aryl methyl sites for hydroxylation is 1. The zero-order chi connectivity index (χ0) is 19.8. The highest BCUT2D eigenvalue weighted by atomic mass is 16.5. The SMILES string of the molecule is COc1ccc(CN2CCc3ccccc3C2)c2cc(-c3ccccc3C)oc12. The molecule has 1 aliphatic heterocycles. The van der Waals surface area contributed by atoms with Gasteiger partial charge in [0.05, 0.1) is 7.11 Å². The van der Waals surface area contributed by atoms with E-state index in [0.29, 0.717) is 0 Å². The van der Waals surface area contributed by atoms with E-state index in [1.807, 2.05) is 6.07 Å². The van der Waals surface area contributed by atoms with Crippen LogP contribution >= 0.6 is 0 Å². The van der Waals surface area contributed by atoms with Crippen LogP contribution in [0.25, 0.3) is 22.3 Å². The van der Waals surface area contributed by atoms with Crippen molar-refractivity contribution in [1.29, 1.82) is 0 Å². The van der Waals surface area contributed by atoms with Gasteiger partial charge in [-0.2, -0.15) is 0 Å². The van der Waals surface area contributed by atoms with Crippen LogP contribution in [0.15, 0.2) is 71.1 Å². The molecule has 0 atom stereocenters. The first-order chi connectivity index (χ1) is 14.2. The zero-order valence-electron chi connectivity index (χ0n) is 16.9. The van der Waals surface area contributed by atoms with Crippen molar-refractivity contribution < 1.29 is 9.15 Å². The Morgan fingerprint density at radius 2 is 1.76 bits per heavy atom. The maximum Gasteiger partial charge on any atom is 0.176 e. The summed E-state index contributed by atoms with van der Waals surface area (Å²) in [6, 6.07) is 23.5. The largest absolute Gasteiger partial charge is 0.493 e. The van der Waals surface area contributed by atoms with E-state index in [1.165, 1.54) is 22.3 Å². The molecule has 0 fully saturated rings. The number of nitrogens with zero attached hydrogens (tertiary/aromatic N) is 1. The fraction of sp³-hybridized carbons (Fsp3) is 0.231. The molecular weight excluding hydrogens is 358 g/mol. The molecule has 3 nitrogen and oxygen atoms in total. The van der Waals surface area contributed by atoms with Crippen LogP contribution in [0.3, 0.4) is 0 Å². The minimum absolute atomic E-state index is 0.785. The van der Waals surface area contributed by atoms with E-state index in [0.717, 1.165) is 54.1 Å². The van der Waals surface area contributed by atoms with Crippen LogP contribution in [0, 0.1) is 6.92 Å². The van der Waals surface area contributed by atoms with Crippen LogP contribution in [-0.4, -0.2) is 18.6 Å². The Labute approximate surface area is 171 Å². The lowest BCUT2D eigenvalue weighted by molar-refractivity contribution is 0.246. The van der Waals surface area contributed by atoms with E-state index in [4.69, 9.17) is 9.15 Å². The van der Waals surface area contributed by atoms with Crippen molar-refractivity contribution in [2.75, 3.05) is 13.7 Å². The molecule has 5 rings (SSSR count). The van der Waals surface area contributed by atoms with E-state index in [2.05, 4.69) is 72.5 Å². The number of hydrogen-bond donors (Lipinski definition) is 0.